The summed E-state index contributed by atoms with van der Waals surface area (Å²) in [6.07, 6.45) is -0.676. The van der Waals surface area contributed by atoms with Gasteiger partial charge in [0.05, 0.1) is 24.6 Å². The number of hydrogen-bond donors (Lipinski definition) is 1. The number of carbonyl (C=O) groups excluding carboxylic acids is 1. The number of hydrogen-bond acceptors (Lipinski definition) is 8. The molecule has 1 unspecified atom stereocenters. The van der Waals surface area contributed by atoms with Crippen LogP contribution in [0.5, 0.6) is 5.75 Å². The molecule has 2 heterocycles. The fraction of sp³-hybridized carbons (Fsp3) is 0.200. The molecule has 0 aliphatic carbocycles. The van der Waals surface area contributed by atoms with E-state index in [0.717, 1.165) is 17.0 Å². The molecule has 5 aromatic rings. The summed E-state index contributed by atoms with van der Waals surface area (Å²) in [4.78, 5) is 17.5. The zero-order valence-electron chi connectivity index (χ0n) is 21.7. The third-order valence-corrected chi connectivity index (χ3v) is 6.12. The molecule has 9 nitrogen and oxygen atoms in total. The third kappa shape index (κ3) is 5.73. The van der Waals surface area contributed by atoms with Gasteiger partial charge in [0.25, 0.3) is 0 Å². The molecular weight excluding hydrogens is 496 g/mol. The molecule has 0 spiro atoms. The predicted octanol–water partition coefficient (Wildman–Crippen LogP) is 5.11. The Morgan fingerprint density at radius 1 is 1.03 bits per heavy atom. The van der Waals surface area contributed by atoms with Crippen LogP contribution in [0.4, 0.5) is 0 Å². The third-order valence-electron chi connectivity index (χ3n) is 6.12. The van der Waals surface area contributed by atoms with Crippen molar-refractivity contribution in [2.45, 2.75) is 26.4 Å². The summed E-state index contributed by atoms with van der Waals surface area (Å²) >= 11 is 0. The molecule has 198 valence electrons. The molecule has 39 heavy (non-hydrogen) atoms. The molecule has 0 bridgehead atoms. The second kappa shape index (κ2) is 11.7. The van der Waals surface area contributed by atoms with Gasteiger partial charge in [0.15, 0.2) is 5.69 Å². The van der Waals surface area contributed by atoms with E-state index in [4.69, 9.17) is 13.9 Å². The number of ether oxygens (including phenoxy) is 2. The summed E-state index contributed by atoms with van der Waals surface area (Å²) in [5.74, 6) is 1.26. The van der Waals surface area contributed by atoms with E-state index in [9.17, 15) is 9.90 Å². The first kappa shape index (κ1) is 25.9. The first-order valence-electron chi connectivity index (χ1n) is 12.7. The van der Waals surface area contributed by atoms with Crippen molar-refractivity contribution in [2.75, 3.05) is 13.2 Å². The van der Waals surface area contributed by atoms with Crippen LogP contribution in [0, 0.1) is 6.92 Å². The first-order valence-corrected chi connectivity index (χ1v) is 12.7. The second-order valence-corrected chi connectivity index (χ2v) is 8.75. The minimum atomic E-state index is -1.23. The lowest BCUT2D eigenvalue weighted by Gasteiger charge is -2.13. The van der Waals surface area contributed by atoms with Crippen molar-refractivity contribution in [1.29, 1.82) is 0 Å². The van der Waals surface area contributed by atoms with Gasteiger partial charge in [-0.25, -0.2) is 14.5 Å². The number of nitrogens with zero attached hydrogens (tertiary/aromatic N) is 4. The van der Waals surface area contributed by atoms with E-state index < -0.39 is 12.1 Å². The van der Waals surface area contributed by atoms with Gasteiger partial charge in [-0.05, 0) is 55.8 Å². The lowest BCUT2D eigenvalue weighted by atomic mass is 10.0. The van der Waals surface area contributed by atoms with Crippen molar-refractivity contribution in [1.82, 2.24) is 20.0 Å². The van der Waals surface area contributed by atoms with E-state index in [2.05, 4.69) is 15.3 Å². The van der Waals surface area contributed by atoms with Crippen molar-refractivity contribution in [2.24, 2.45) is 0 Å². The van der Waals surface area contributed by atoms with Crippen molar-refractivity contribution >= 4 is 5.97 Å². The smallest absolute Gasteiger partial charge is 0.359 e. The fourth-order valence-corrected chi connectivity index (χ4v) is 4.18. The molecule has 5 rings (SSSR count). The number of carbonyl (C=O) groups is 1. The maximum Gasteiger partial charge on any atom is 0.359 e. The molecule has 2 aromatic heterocycles. The van der Waals surface area contributed by atoms with Gasteiger partial charge >= 0.3 is 5.97 Å². The second-order valence-electron chi connectivity index (χ2n) is 8.75. The largest absolute Gasteiger partial charge is 0.493 e. The van der Waals surface area contributed by atoms with Gasteiger partial charge in [0.2, 0.25) is 5.89 Å². The molecule has 0 fully saturated rings. The van der Waals surface area contributed by atoms with Gasteiger partial charge in [-0.3, -0.25) is 0 Å². The van der Waals surface area contributed by atoms with Crippen molar-refractivity contribution < 1.29 is 23.8 Å². The molecule has 9 heteroatoms. The Hall–Kier alpha value is -4.76. The predicted molar refractivity (Wildman–Crippen MR) is 144 cm³/mol. The van der Waals surface area contributed by atoms with Crippen molar-refractivity contribution in [3.63, 3.8) is 0 Å². The normalized spacial score (nSPS) is 11.8. The molecule has 1 atom stereocenters. The van der Waals surface area contributed by atoms with Gasteiger partial charge < -0.3 is 19.0 Å². The van der Waals surface area contributed by atoms with Crippen LogP contribution in [0.1, 0.15) is 46.2 Å². The molecule has 0 saturated carbocycles. The van der Waals surface area contributed by atoms with Gasteiger partial charge in [-0.1, -0.05) is 53.7 Å². The number of aliphatic hydroxyl groups excluding tert-OH is 1. The van der Waals surface area contributed by atoms with Crippen LogP contribution in [-0.2, 0) is 11.2 Å². The topological polar surface area (TPSA) is 112 Å². The Bertz CT molecular complexity index is 1550. The highest BCUT2D eigenvalue weighted by Gasteiger charge is 2.28. The summed E-state index contributed by atoms with van der Waals surface area (Å²) in [6, 6.07) is 25.9. The monoisotopic (exact) mass is 524 g/mol. The number of aryl methyl sites for hydroxylation is 1. The molecule has 0 aliphatic rings. The summed E-state index contributed by atoms with van der Waals surface area (Å²) in [5.41, 5.74) is 3.03. The maximum absolute atomic E-state index is 12.8. The van der Waals surface area contributed by atoms with Gasteiger partial charge in [0.1, 0.15) is 23.3 Å². The van der Waals surface area contributed by atoms with Crippen LogP contribution in [0.15, 0.2) is 89.3 Å². The number of aliphatic hydroxyl groups is 1. The number of rotatable bonds is 10. The Morgan fingerprint density at radius 2 is 1.77 bits per heavy atom. The summed E-state index contributed by atoms with van der Waals surface area (Å²) in [6.45, 7) is 4.14. The number of aromatic nitrogens is 4. The molecule has 0 amide bonds. The summed E-state index contributed by atoms with van der Waals surface area (Å²) in [5, 5.41) is 19.5. The Kier molecular flexibility index (Phi) is 7.79. The highest BCUT2D eigenvalue weighted by Crippen LogP contribution is 2.28. The average Bonchev–Trinajstić information content (AvgIpc) is 3.58. The van der Waals surface area contributed by atoms with E-state index >= 15 is 0 Å². The lowest BCUT2D eigenvalue weighted by molar-refractivity contribution is 0.0510. The van der Waals surface area contributed by atoms with Crippen LogP contribution in [0.25, 0.3) is 17.1 Å². The van der Waals surface area contributed by atoms with E-state index in [1.54, 1.807) is 43.3 Å². The highest BCUT2D eigenvalue weighted by atomic mass is 16.5. The standard InChI is InChI=1S/C30H28N4O5/c1-3-37-30(36)27-26(32-33-34(27)23-14-8-5-9-15-23)28(35)22-13-10-16-24(19-22)38-18-17-25-20(2)39-29(31-25)21-11-6-4-7-12-21/h4-16,19,28,35H,3,17-18H2,1-2H3. The van der Waals surface area contributed by atoms with Crippen LogP contribution >= 0.6 is 0 Å². The van der Waals surface area contributed by atoms with Crippen molar-refractivity contribution in [3.8, 4) is 22.9 Å². The number of esters is 1. The zero-order valence-corrected chi connectivity index (χ0v) is 21.7. The quantitative estimate of drug-likeness (QED) is 0.251. The van der Waals surface area contributed by atoms with Gasteiger partial charge in [0, 0.05) is 12.0 Å². The molecule has 0 saturated heterocycles. The van der Waals surface area contributed by atoms with E-state index in [-0.39, 0.29) is 18.0 Å². The molecule has 0 aliphatic heterocycles. The van der Waals surface area contributed by atoms with Gasteiger partial charge in [-0.15, -0.1) is 5.10 Å². The fourth-order valence-electron chi connectivity index (χ4n) is 4.18. The molecule has 0 radical (unpaired) electrons. The van der Waals surface area contributed by atoms with E-state index in [1.807, 2.05) is 55.5 Å². The Morgan fingerprint density at radius 3 is 2.51 bits per heavy atom. The van der Waals surface area contributed by atoms with Crippen LogP contribution < -0.4 is 4.74 Å². The first-order chi connectivity index (χ1) is 19.0. The number of para-hydroxylation sites is 1. The number of oxazole rings is 1. The van der Waals surface area contributed by atoms with Crippen LogP contribution in [0.3, 0.4) is 0 Å². The molecule has 1 N–H and O–H groups in total. The minimum absolute atomic E-state index is 0.0672. The molecule has 3 aromatic carbocycles. The zero-order chi connectivity index (χ0) is 27.2. The summed E-state index contributed by atoms with van der Waals surface area (Å²) in [7, 11) is 0. The van der Waals surface area contributed by atoms with Crippen molar-refractivity contribution in [3.05, 3.63) is 113 Å². The Balaban J connectivity index is 1.32. The van der Waals surface area contributed by atoms with E-state index in [1.165, 1.54) is 4.68 Å². The lowest BCUT2D eigenvalue weighted by Crippen LogP contribution is -2.16. The SMILES string of the molecule is CCOC(=O)c1c(C(O)c2cccc(OCCc3nc(-c4ccccc4)oc3C)c2)nnn1-c1ccccc1. The highest BCUT2D eigenvalue weighted by molar-refractivity contribution is 5.89. The van der Waals surface area contributed by atoms with E-state index in [0.29, 0.717) is 35.9 Å². The number of benzene rings is 3. The van der Waals surface area contributed by atoms with Crippen LogP contribution in [0.2, 0.25) is 0 Å². The minimum Gasteiger partial charge on any atom is -0.493 e. The average molecular weight is 525 g/mol. The summed E-state index contributed by atoms with van der Waals surface area (Å²) < 4.78 is 18.4. The van der Waals surface area contributed by atoms with Crippen LogP contribution in [-0.4, -0.2) is 44.3 Å². The van der Waals surface area contributed by atoms with Gasteiger partial charge in [-0.2, -0.15) is 0 Å². The molecular formula is C30H28N4O5. The maximum atomic E-state index is 12.8. The Labute approximate surface area is 225 Å².